The van der Waals surface area contributed by atoms with Crippen molar-refractivity contribution >= 4 is 29.2 Å². The predicted octanol–water partition coefficient (Wildman–Crippen LogP) is 1.52. The van der Waals surface area contributed by atoms with Gasteiger partial charge in [-0.3, -0.25) is 4.79 Å². The summed E-state index contributed by atoms with van der Waals surface area (Å²) in [4.78, 5) is 23.6. The van der Waals surface area contributed by atoms with Gasteiger partial charge in [-0.05, 0) is 12.0 Å². The molecule has 2 N–H and O–H groups in total. The number of carbonyl (C=O) groups is 2. The van der Waals surface area contributed by atoms with Crippen LogP contribution in [0.4, 0.5) is 4.79 Å². The topological polar surface area (TPSA) is 67.4 Å². The summed E-state index contributed by atoms with van der Waals surface area (Å²) in [7, 11) is 0. The van der Waals surface area contributed by atoms with Crippen LogP contribution in [0.3, 0.4) is 0 Å². The fourth-order valence-corrected chi connectivity index (χ4v) is 1.95. The van der Waals surface area contributed by atoms with E-state index in [0.717, 1.165) is 5.56 Å². The van der Waals surface area contributed by atoms with Crippen molar-refractivity contribution in [2.45, 2.75) is 25.5 Å². The van der Waals surface area contributed by atoms with Gasteiger partial charge in [0.15, 0.2) is 6.10 Å². The number of thiocarbonyl (C=S) groups is 1. The van der Waals surface area contributed by atoms with Gasteiger partial charge in [0, 0.05) is 13.0 Å². The van der Waals surface area contributed by atoms with Gasteiger partial charge in [0.2, 0.25) is 0 Å². The van der Waals surface area contributed by atoms with Crippen molar-refractivity contribution in [3.05, 3.63) is 35.9 Å². The fourth-order valence-electron chi connectivity index (χ4n) is 1.73. The predicted molar refractivity (Wildman–Crippen MR) is 73.5 cm³/mol. The monoisotopic (exact) mass is 278 g/mol. The number of hydrogen-bond acceptors (Lipinski definition) is 4. The van der Waals surface area contributed by atoms with Crippen molar-refractivity contribution in [1.82, 2.24) is 10.6 Å². The standard InChI is InChI=1S/C13H14N2O3S/c16-12-10(6-7-11(19)15-12)18-13(17)14-8-9-4-2-1-3-5-9/h1-5,10H,6-8H2,(H,14,17)(H,15,16,19)/t10-/m0/s1. The first-order chi connectivity index (χ1) is 9.15. The van der Waals surface area contributed by atoms with E-state index in [2.05, 4.69) is 10.6 Å². The van der Waals surface area contributed by atoms with E-state index in [1.54, 1.807) is 0 Å². The second kappa shape index (κ2) is 6.29. The Morgan fingerprint density at radius 2 is 2.16 bits per heavy atom. The minimum atomic E-state index is -0.762. The number of amides is 2. The number of alkyl carbamates (subject to hydrolysis) is 1. The first-order valence-electron chi connectivity index (χ1n) is 5.97. The average molecular weight is 278 g/mol. The zero-order valence-electron chi connectivity index (χ0n) is 10.2. The summed E-state index contributed by atoms with van der Waals surface area (Å²) in [5.74, 6) is -0.355. The molecule has 6 heteroatoms. The summed E-state index contributed by atoms with van der Waals surface area (Å²) in [5, 5.41) is 5.10. The van der Waals surface area contributed by atoms with E-state index in [4.69, 9.17) is 17.0 Å². The van der Waals surface area contributed by atoms with Gasteiger partial charge >= 0.3 is 6.09 Å². The molecule has 0 bridgehead atoms. The molecule has 1 aliphatic rings. The fraction of sp³-hybridized carbons (Fsp3) is 0.308. The van der Waals surface area contributed by atoms with Crippen LogP contribution < -0.4 is 10.6 Å². The molecule has 0 aromatic heterocycles. The Bertz CT molecular complexity index is 490. The Balaban J connectivity index is 1.78. The largest absolute Gasteiger partial charge is 0.436 e. The molecule has 5 nitrogen and oxygen atoms in total. The molecule has 1 saturated heterocycles. The molecular formula is C13H14N2O3S. The van der Waals surface area contributed by atoms with Gasteiger partial charge in [-0.15, -0.1) is 0 Å². The van der Waals surface area contributed by atoms with Crippen LogP contribution >= 0.6 is 12.2 Å². The van der Waals surface area contributed by atoms with Crippen molar-refractivity contribution in [1.29, 1.82) is 0 Å². The molecule has 0 unspecified atom stereocenters. The maximum Gasteiger partial charge on any atom is 0.408 e. The van der Waals surface area contributed by atoms with Gasteiger partial charge in [-0.1, -0.05) is 42.5 Å². The summed E-state index contributed by atoms with van der Waals surface area (Å²) in [5.41, 5.74) is 0.966. The quantitative estimate of drug-likeness (QED) is 0.823. The van der Waals surface area contributed by atoms with E-state index in [1.807, 2.05) is 30.3 Å². The molecule has 0 aliphatic carbocycles. The van der Waals surface area contributed by atoms with Gasteiger partial charge in [0.25, 0.3) is 5.91 Å². The minimum absolute atomic E-state index is 0.355. The molecule has 0 saturated carbocycles. The molecule has 1 aromatic carbocycles. The zero-order valence-corrected chi connectivity index (χ0v) is 11.0. The van der Waals surface area contributed by atoms with Crippen molar-refractivity contribution in [2.24, 2.45) is 0 Å². The molecule has 1 fully saturated rings. The molecule has 0 spiro atoms. The summed E-state index contributed by atoms with van der Waals surface area (Å²) in [6.07, 6.45) is -0.375. The maximum atomic E-state index is 11.6. The third-order valence-corrected chi connectivity index (χ3v) is 3.02. The van der Waals surface area contributed by atoms with Crippen LogP contribution in [-0.4, -0.2) is 23.1 Å². The van der Waals surface area contributed by atoms with Crippen LogP contribution in [0.15, 0.2) is 30.3 Å². The van der Waals surface area contributed by atoms with Crippen molar-refractivity contribution < 1.29 is 14.3 Å². The van der Waals surface area contributed by atoms with Crippen LogP contribution in [0.25, 0.3) is 0 Å². The van der Waals surface area contributed by atoms with E-state index in [-0.39, 0.29) is 5.91 Å². The van der Waals surface area contributed by atoms with Gasteiger partial charge in [-0.25, -0.2) is 4.79 Å². The summed E-state index contributed by atoms with van der Waals surface area (Å²) in [6, 6.07) is 9.46. The second-order valence-electron chi connectivity index (χ2n) is 4.18. The first kappa shape index (κ1) is 13.5. The third kappa shape index (κ3) is 4.03. The lowest BCUT2D eigenvalue weighted by Gasteiger charge is -2.22. The van der Waals surface area contributed by atoms with Crippen LogP contribution in [0.5, 0.6) is 0 Å². The van der Waals surface area contributed by atoms with Gasteiger partial charge in [0.1, 0.15) is 0 Å². The number of ether oxygens (including phenoxy) is 1. The van der Waals surface area contributed by atoms with Crippen LogP contribution in [-0.2, 0) is 16.1 Å². The Hall–Kier alpha value is -1.95. The molecule has 100 valence electrons. The molecule has 1 aliphatic heterocycles. The average Bonchev–Trinajstić information content (AvgIpc) is 2.41. The summed E-state index contributed by atoms with van der Waals surface area (Å²) >= 11 is 4.88. The lowest BCUT2D eigenvalue weighted by Crippen LogP contribution is -2.46. The Morgan fingerprint density at radius 1 is 1.42 bits per heavy atom. The highest BCUT2D eigenvalue weighted by atomic mass is 32.1. The minimum Gasteiger partial charge on any atom is -0.436 e. The number of piperidine rings is 1. The van der Waals surface area contributed by atoms with E-state index in [1.165, 1.54) is 0 Å². The Labute approximate surface area is 116 Å². The van der Waals surface area contributed by atoms with Gasteiger partial charge in [-0.2, -0.15) is 0 Å². The Morgan fingerprint density at radius 3 is 2.84 bits per heavy atom. The third-order valence-electron chi connectivity index (χ3n) is 2.72. The van der Waals surface area contributed by atoms with E-state index >= 15 is 0 Å². The zero-order chi connectivity index (χ0) is 13.7. The number of benzene rings is 1. The SMILES string of the molecule is O=C(NCc1ccccc1)O[C@H]1CCC(=S)NC1=O. The second-order valence-corrected chi connectivity index (χ2v) is 4.68. The number of nitrogens with one attached hydrogen (secondary N) is 2. The number of carbonyl (C=O) groups excluding carboxylic acids is 2. The Kier molecular flexibility index (Phi) is 4.46. The van der Waals surface area contributed by atoms with Crippen LogP contribution in [0.1, 0.15) is 18.4 Å². The lowest BCUT2D eigenvalue weighted by atomic mass is 10.1. The number of hydrogen-bond donors (Lipinski definition) is 2. The molecule has 2 rings (SSSR count). The molecular weight excluding hydrogens is 264 g/mol. The summed E-state index contributed by atoms with van der Waals surface area (Å²) < 4.78 is 5.05. The van der Waals surface area contributed by atoms with E-state index in [0.29, 0.717) is 24.4 Å². The highest BCUT2D eigenvalue weighted by molar-refractivity contribution is 7.80. The molecule has 0 radical (unpaired) electrons. The highest BCUT2D eigenvalue weighted by Crippen LogP contribution is 2.09. The van der Waals surface area contributed by atoms with Gasteiger partial charge in [0.05, 0.1) is 4.99 Å². The van der Waals surface area contributed by atoms with Crippen LogP contribution in [0, 0.1) is 0 Å². The van der Waals surface area contributed by atoms with Crippen molar-refractivity contribution in [3.63, 3.8) is 0 Å². The molecule has 1 aromatic rings. The molecule has 1 heterocycles. The van der Waals surface area contributed by atoms with E-state index < -0.39 is 12.2 Å². The summed E-state index contributed by atoms with van der Waals surface area (Å²) in [6.45, 7) is 0.367. The molecule has 2 amide bonds. The first-order valence-corrected chi connectivity index (χ1v) is 6.38. The van der Waals surface area contributed by atoms with Crippen molar-refractivity contribution in [3.8, 4) is 0 Å². The lowest BCUT2D eigenvalue weighted by molar-refractivity contribution is -0.129. The smallest absolute Gasteiger partial charge is 0.408 e. The maximum absolute atomic E-state index is 11.6. The van der Waals surface area contributed by atoms with E-state index in [9.17, 15) is 9.59 Å². The number of rotatable bonds is 3. The molecule has 19 heavy (non-hydrogen) atoms. The van der Waals surface area contributed by atoms with Gasteiger partial charge < -0.3 is 15.4 Å². The highest BCUT2D eigenvalue weighted by Gasteiger charge is 2.27. The van der Waals surface area contributed by atoms with Crippen molar-refractivity contribution in [2.75, 3.05) is 0 Å². The normalized spacial score (nSPS) is 18.6. The van der Waals surface area contributed by atoms with Crippen LogP contribution in [0.2, 0.25) is 0 Å². The molecule has 1 atom stereocenters.